The molecule has 0 spiro atoms. The molecule has 0 atom stereocenters. The Kier molecular flexibility index (Phi) is 4.81. The predicted molar refractivity (Wildman–Crippen MR) is 81.1 cm³/mol. The minimum atomic E-state index is -0.411. The molecule has 1 aromatic rings. The number of carbonyl (C=O) groups is 1. The van der Waals surface area contributed by atoms with Crippen LogP contribution in [-0.4, -0.2) is 28.1 Å². The Morgan fingerprint density at radius 2 is 2.10 bits per heavy atom. The van der Waals surface area contributed by atoms with Gasteiger partial charge in [-0.15, -0.1) is 11.3 Å². The average Bonchev–Trinajstić information content (AvgIpc) is 2.96. The van der Waals surface area contributed by atoms with Crippen LogP contribution in [0.5, 0.6) is 0 Å². The van der Waals surface area contributed by atoms with Crippen LogP contribution in [0.2, 0.25) is 0 Å². The first-order valence-corrected chi connectivity index (χ1v) is 8.17. The lowest BCUT2D eigenvalue weighted by molar-refractivity contribution is 0.0842. The number of hydrogen-bond donors (Lipinski definition) is 2. The number of nitrogens with zero attached hydrogens (tertiary/aromatic N) is 1. The van der Waals surface area contributed by atoms with Crippen molar-refractivity contribution in [2.45, 2.75) is 58.4 Å². The molecule has 5 heteroatoms. The number of aliphatic hydroxyl groups excluding tert-OH is 1. The summed E-state index contributed by atoms with van der Waals surface area (Å²) in [5.41, 5.74) is 0.389. The van der Waals surface area contributed by atoms with E-state index in [4.69, 9.17) is 0 Å². The zero-order chi connectivity index (χ0) is 14.8. The summed E-state index contributed by atoms with van der Waals surface area (Å²) in [6.45, 7) is 6.20. The highest BCUT2D eigenvalue weighted by Gasteiger charge is 2.35. The van der Waals surface area contributed by atoms with Crippen molar-refractivity contribution < 1.29 is 9.90 Å². The Balaban J connectivity index is 2.10. The van der Waals surface area contributed by atoms with Crippen LogP contribution in [-0.2, 0) is 6.42 Å². The molecule has 0 aromatic carbocycles. The van der Waals surface area contributed by atoms with Crippen LogP contribution >= 0.6 is 11.3 Å². The van der Waals surface area contributed by atoms with Crippen LogP contribution in [0.15, 0.2) is 0 Å². The molecule has 112 valence electrons. The highest BCUT2D eigenvalue weighted by molar-refractivity contribution is 7.13. The van der Waals surface area contributed by atoms with Crippen LogP contribution < -0.4 is 5.32 Å². The summed E-state index contributed by atoms with van der Waals surface area (Å²) in [4.78, 5) is 17.6. The fourth-order valence-corrected chi connectivity index (χ4v) is 3.94. The lowest BCUT2D eigenvalue weighted by Gasteiger charge is -2.27. The molecule has 0 radical (unpaired) electrons. The quantitative estimate of drug-likeness (QED) is 0.878. The minimum Gasteiger partial charge on any atom is -0.394 e. The fourth-order valence-electron chi connectivity index (χ4n) is 2.77. The predicted octanol–water partition coefficient (Wildman–Crippen LogP) is 2.68. The maximum atomic E-state index is 12.4. The number of amides is 1. The van der Waals surface area contributed by atoms with E-state index in [1.165, 1.54) is 11.3 Å². The Morgan fingerprint density at radius 3 is 2.65 bits per heavy atom. The lowest BCUT2D eigenvalue weighted by Crippen LogP contribution is -2.49. The van der Waals surface area contributed by atoms with Crippen molar-refractivity contribution in [1.82, 2.24) is 10.3 Å². The summed E-state index contributed by atoms with van der Waals surface area (Å²) < 4.78 is 0. The van der Waals surface area contributed by atoms with Gasteiger partial charge in [-0.3, -0.25) is 4.79 Å². The topological polar surface area (TPSA) is 62.2 Å². The first kappa shape index (κ1) is 15.4. The Hall–Kier alpha value is -0.940. The molecule has 1 heterocycles. The van der Waals surface area contributed by atoms with Crippen LogP contribution in [0.25, 0.3) is 0 Å². The van der Waals surface area contributed by atoms with E-state index in [9.17, 15) is 9.90 Å². The lowest BCUT2D eigenvalue weighted by atomic mass is 9.99. The highest BCUT2D eigenvalue weighted by Crippen LogP contribution is 2.30. The van der Waals surface area contributed by atoms with Crippen molar-refractivity contribution >= 4 is 17.2 Å². The van der Waals surface area contributed by atoms with Crippen molar-refractivity contribution in [1.29, 1.82) is 0 Å². The number of nitrogens with one attached hydrogen (secondary N) is 1. The van der Waals surface area contributed by atoms with E-state index in [0.29, 0.717) is 10.8 Å². The number of hydrogen-bond acceptors (Lipinski definition) is 4. The van der Waals surface area contributed by atoms with Crippen LogP contribution in [0.1, 0.15) is 59.9 Å². The molecule has 2 rings (SSSR count). The van der Waals surface area contributed by atoms with Gasteiger partial charge in [-0.05, 0) is 25.7 Å². The summed E-state index contributed by atoms with van der Waals surface area (Å²) in [6.07, 6.45) is 4.78. The van der Waals surface area contributed by atoms with Gasteiger partial charge in [0.05, 0.1) is 22.8 Å². The zero-order valence-corrected chi connectivity index (χ0v) is 13.3. The molecule has 1 aliphatic carbocycles. The van der Waals surface area contributed by atoms with Crippen molar-refractivity contribution in [2.24, 2.45) is 5.92 Å². The second-order valence-electron chi connectivity index (χ2n) is 6.22. The second kappa shape index (κ2) is 6.22. The van der Waals surface area contributed by atoms with Gasteiger partial charge in [-0.25, -0.2) is 4.98 Å². The average molecular weight is 296 g/mol. The van der Waals surface area contributed by atoms with Gasteiger partial charge in [0.1, 0.15) is 4.88 Å². The molecule has 0 bridgehead atoms. The second-order valence-corrected chi connectivity index (χ2v) is 7.30. The van der Waals surface area contributed by atoms with Gasteiger partial charge < -0.3 is 10.4 Å². The van der Waals surface area contributed by atoms with Gasteiger partial charge >= 0.3 is 0 Å². The molecular weight excluding hydrogens is 272 g/mol. The summed E-state index contributed by atoms with van der Waals surface area (Å²) >= 11 is 1.48. The van der Waals surface area contributed by atoms with E-state index in [1.807, 2.05) is 6.92 Å². The van der Waals surface area contributed by atoms with Gasteiger partial charge in [0, 0.05) is 6.42 Å². The number of aliphatic hydroxyl groups is 1. The normalized spacial score (nSPS) is 17.6. The summed E-state index contributed by atoms with van der Waals surface area (Å²) in [5, 5.41) is 13.6. The SMILES string of the molecule is Cc1nc(CC(C)C)sc1C(=O)NC1(CO)CCCC1. The molecule has 4 nitrogen and oxygen atoms in total. The summed E-state index contributed by atoms with van der Waals surface area (Å²) in [7, 11) is 0. The largest absolute Gasteiger partial charge is 0.394 e. The van der Waals surface area contributed by atoms with E-state index < -0.39 is 5.54 Å². The number of rotatable bonds is 5. The molecule has 1 amide bonds. The molecule has 1 fully saturated rings. The van der Waals surface area contributed by atoms with E-state index in [2.05, 4.69) is 24.1 Å². The first-order chi connectivity index (χ1) is 9.46. The van der Waals surface area contributed by atoms with Crippen molar-refractivity contribution in [3.8, 4) is 0 Å². The van der Waals surface area contributed by atoms with Crippen LogP contribution in [0.4, 0.5) is 0 Å². The third kappa shape index (κ3) is 3.38. The standard InChI is InChI=1S/C15H24N2O2S/c1-10(2)8-12-16-11(3)13(20-12)14(19)17-15(9-18)6-4-5-7-15/h10,18H,4-9H2,1-3H3,(H,17,19). The zero-order valence-electron chi connectivity index (χ0n) is 12.5. The molecule has 0 saturated heterocycles. The van der Waals surface area contributed by atoms with E-state index in [0.717, 1.165) is 42.8 Å². The highest BCUT2D eigenvalue weighted by atomic mass is 32.1. The molecular formula is C15H24N2O2S. The summed E-state index contributed by atoms with van der Waals surface area (Å²) in [6, 6.07) is 0. The van der Waals surface area contributed by atoms with Crippen molar-refractivity contribution in [2.75, 3.05) is 6.61 Å². The Morgan fingerprint density at radius 1 is 1.45 bits per heavy atom. The van der Waals surface area contributed by atoms with Crippen molar-refractivity contribution in [3.05, 3.63) is 15.6 Å². The molecule has 2 N–H and O–H groups in total. The molecule has 0 aliphatic heterocycles. The maximum Gasteiger partial charge on any atom is 0.263 e. The number of aromatic nitrogens is 1. The van der Waals surface area contributed by atoms with Crippen molar-refractivity contribution in [3.63, 3.8) is 0 Å². The molecule has 1 aliphatic rings. The molecule has 20 heavy (non-hydrogen) atoms. The molecule has 1 aromatic heterocycles. The maximum absolute atomic E-state index is 12.4. The third-order valence-electron chi connectivity index (χ3n) is 3.87. The fraction of sp³-hybridized carbons (Fsp3) is 0.733. The smallest absolute Gasteiger partial charge is 0.263 e. The Bertz CT molecular complexity index is 476. The van der Waals surface area contributed by atoms with Gasteiger partial charge in [-0.1, -0.05) is 26.7 Å². The van der Waals surface area contributed by atoms with Crippen LogP contribution in [0.3, 0.4) is 0 Å². The Labute approximate surface area is 124 Å². The van der Waals surface area contributed by atoms with Gasteiger partial charge in [0.15, 0.2) is 0 Å². The van der Waals surface area contributed by atoms with Gasteiger partial charge in [0.2, 0.25) is 0 Å². The third-order valence-corrected chi connectivity index (χ3v) is 5.05. The molecule has 1 saturated carbocycles. The summed E-state index contributed by atoms with van der Waals surface area (Å²) in [5.74, 6) is 0.459. The number of carbonyl (C=O) groups excluding carboxylic acids is 1. The van der Waals surface area contributed by atoms with Gasteiger partial charge in [0.25, 0.3) is 5.91 Å². The monoisotopic (exact) mass is 296 g/mol. The first-order valence-electron chi connectivity index (χ1n) is 7.35. The van der Waals surface area contributed by atoms with E-state index in [-0.39, 0.29) is 12.5 Å². The van der Waals surface area contributed by atoms with E-state index >= 15 is 0 Å². The minimum absolute atomic E-state index is 0.0233. The molecule has 0 unspecified atom stereocenters. The van der Waals surface area contributed by atoms with E-state index in [1.54, 1.807) is 0 Å². The van der Waals surface area contributed by atoms with Gasteiger partial charge in [-0.2, -0.15) is 0 Å². The number of thiazole rings is 1. The number of aryl methyl sites for hydroxylation is 1. The van der Waals surface area contributed by atoms with Crippen LogP contribution in [0, 0.1) is 12.8 Å².